The molecule has 33 heavy (non-hydrogen) atoms. The van der Waals surface area contributed by atoms with E-state index in [4.69, 9.17) is 11.6 Å². The second-order valence-electron chi connectivity index (χ2n) is 7.19. The van der Waals surface area contributed by atoms with E-state index in [9.17, 15) is 13.2 Å². The molecule has 0 bridgehead atoms. The number of aromatic nitrogens is 5. The number of hydrogen-bond acceptors (Lipinski definition) is 6. The Morgan fingerprint density at radius 1 is 0.909 bits per heavy atom. The molecule has 164 valence electrons. The summed E-state index contributed by atoms with van der Waals surface area (Å²) in [5.41, 5.74) is 1.51. The van der Waals surface area contributed by atoms with Gasteiger partial charge in [0.05, 0.1) is 21.7 Å². The summed E-state index contributed by atoms with van der Waals surface area (Å²) in [7, 11) is 0. The number of fused-ring (bicyclic) bond motifs is 2. The maximum atomic E-state index is 14.5. The van der Waals surface area contributed by atoms with E-state index in [0.717, 1.165) is 0 Å². The molecule has 1 aromatic carbocycles. The topological polar surface area (TPSA) is 76.5 Å². The molecule has 0 saturated heterocycles. The summed E-state index contributed by atoms with van der Waals surface area (Å²) in [4.78, 5) is 20.8. The van der Waals surface area contributed by atoms with Crippen LogP contribution in [0.1, 0.15) is 11.6 Å². The highest BCUT2D eigenvalue weighted by Crippen LogP contribution is 2.41. The molecule has 6 nitrogen and oxygen atoms in total. The number of para-hydroxylation sites is 1. The first kappa shape index (κ1) is 21.0. The summed E-state index contributed by atoms with van der Waals surface area (Å²) in [6, 6.07) is 10.9. The second kappa shape index (κ2) is 8.25. The Balaban J connectivity index is 1.74. The Kier molecular flexibility index (Phi) is 5.26. The van der Waals surface area contributed by atoms with Crippen molar-refractivity contribution in [1.29, 1.82) is 0 Å². The highest BCUT2D eigenvalue weighted by atomic mass is 35.5. The minimum absolute atomic E-state index is 0.0359. The molecule has 0 saturated carbocycles. The summed E-state index contributed by atoms with van der Waals surface area (Å²) in [6.45, 7) is 0. The van der Waals surface area contributed by atoms with Gasteiger partial charge in [0.25, 0.3) is 0 Å². The van der Waals surface area contributed by atoms with Crippen molar-refractivity contribution in [2.75, 3.05) is 5.32 Å². The van der Waals surface area contributed by atoms with Crippen molar-refractivity contribution in [3.8, 4) is 11.3 Å². The zero-order chi connectivity index (χ0) is 23.0. The van der Waals surface area contributed by atoms with Crippen LogP contribution in [0.25, 0.3) is 33.2 Å². The maximum Gasteiger partial charge on any atom is 0.412 e. The fourth-order valence-electron chi connectivity index (χ4n) is 3.60. The molecular weight excluding hydrogens is 453 g/mol. The van der Waals surface area contributed by atoms with Crippen LogP contribution in [0.2, 0.25) is 5.02 Å². The molecule has 10 heteroatoms. The van der Waals surface area contributed by atoms with Crippen molar-refractivity contribution in [3.63, 3.8) is 0 Å². The largest absolute Gasteiger partial charge is 0.412 e. The van der Waals surface area contributed by atoms with Crippen LogP contribution in [-0.4, -0.2) is 31.1 Å². The van der Waals surface area contributed by atoms with Gasteiger partial charge in [-0.15, -0.1) is 0 Å². The minimum atomic E-state index is -4.68. The van der Waals surface area contributed by atoms with Gasteiger partial charge in [-0.3, -0.25) is 9.97 Å². The Morgan fingerprint density at radius 2 is 1.76 bits per heavy atom. The molecule has 0 radical (unpaired) electrons. The average molecular weight is 467 g/mol. The molecule has 5 aromatic rings. The van der Waals surface area contributed by atoms with Gasteiger partial charge in [0.15, 0.2) is 11.9 Å². The molecule has 1 unspecified atom stereocenters. The minimum Gasteiger partial charge on any atom is -0.353 e. The molecule has 1 atom stereocenters. The molecule has 1 N–H and O–H groups in total. The van der Waals surface area contributed by atoms with E-state index in [1.54, 1.807) is 42.5 Å². The summed E-state index contributed by atoms with van der Waals surface area (Å²) in [5.74, 6) is -0.0359. The highest BCUT2D eigenvalue weighted by Gasteiger charge is 2.43. The van der Waals surface area contributed by atoms with Gasteiger partial charge in [-0.1, -0.05) is 23.7 Å². The molecule has 0 aliphatic rings. The number of hydrogen-bond donors (Lipinski definition) is 1. The third-order valence-corrected chi connectivity index (χ3v) is 5.38. The highest BCUT2D eigenvalue weighted by molar-refractivity contribution is 6.35. The zero-order valence-corrected chi connectivity index (χ0v) is 17.5. The Hall–Kier alpha value is -3.85. The van der Waals surface area contributed by atoms with Crippen molar-refractivity contribution < 1.29 is 13.2 Å². The first-order valence-corrected chi connectivity index (χ1v) is 10.2. The van der Waals surface area contributed by atoms with Crippen LogP contribution in [-0.2, 0) is 0 Å². The van der Waals surface area contributed by atoms with Crippen LogP contribution >= 0.6 is 11.6 Å². The monoisotopic (exact) mass is 466 g/mol. The lowest BCUT2D eigenvalue weighted by molar-refractivity contribution is -0.143. The van der Waals surface area contributed by atoms with Crippen molar-refractivity contribution >= 4 is 39.4 Å². The quantitative estimate of drug-likeness (QED) is 0.350. The fraction of sp³-hybridized carbons (Fsp3) is 0.0870. The summed E-state index contributed by atoms with van der Waals surface area (Å²) >= 11 is 6.29. The molecular formula is C23H14ClF3N6. The third kappa shape index (κ3) is 4.03. The Labute approximate surface area is 190 Å². The summed E-state index contributed by atoms with van der Waals surface area (Å²) < 4.78 is 43.4. The molecule has 4 heterocycles. The first-order chi connectivity index (χ1) is 15.9. The molecule has 0 aliphatic carbocycles. The summed E-state index contributed by atoms with van der Waals surface area (Å²) in [6.07, 6.45) is 0.982. The molecule has 0 fully saturated rings. The maximum absolute atomic E-state index is 14.5. The van der Waals surface area contributed by atoms with Gasteiger partial charge < -0.3 is 5.32 Å². The van der Waals surface area contributed by atoms with Crippen LogP contribution in [0.3, 0.4) is 0 Å². The zero-order valence-electron chi connectivity index (χ0n) is 16.8. The fourth-order valence-corrected chi connectivity index (χ4v) is 3.83. The lowest BCUT2D eigenvalue weighted by atomic mass is 9.98. The normalized spacial score (nSPS) is 12.7. The van der Waals surface area contributed by atoms with Gasteiger partial charge in [0.2, 0.25) is 0 Å². The van der Waals surface area contributed by atoms with Gasteiger partial charge in [0, 0.05) is 35.1 Å². The standard InChI is InChI=1S/C23H14ClF3N6/c24-16-6-1-4-13-10-15(18(32-19(13)16)14-5-2-8-28-11-14)21(23(25,26)27)33-22-20-17(30-12-31-22)7-3-9-29-20/h1-12,21H,(H,30,31,33). The predicted molar refractivity (Wildman–Crippen MR) is 120 cm³/mol. The smallest absolute Gasteiger partial charge is 0.353 e. The van der Waals surface area contributed by atoms with E-state index in [1.807, 2.05) is 0 Å². The number of anilines is 1. The molecule has 4 aromatic heterocycles. The van der Waals surface area contributed by atoms with Gasteiger partial charge in [0.1, 0.15) is 11.8 Å². The number of benzene rings is 1. The number of pyridine rings is 3. The van der Waals surface area contributed by atoms with E-state index >= 15 is 0 Å². The van der Waals surface area contributed by atoms with E-state index in [1.165, 1.54) is 31.0 Å². The van der Waals surface area contributed by atoms with Crippen molar-refractivity contribution in [3.05, 3.63) is 84.0 Å². The molecule has 0 aliphatic heterocycles. The van der Waals surface area contributed by atoms with Gasteiger partial charge in [-0.25, -0.2) is 15.0 Å². The Morgan fingerprint density at radius 3 is 2.55 bits per heavy atom. The number of halogens is 4. The van der Waals surface area contributed by atoms with Crippen LogP contribution in [0.4, 0.5) is 19.0 Å². The Bertz CT molecular complexity index is 1450. The van der Waals surface area contributed by atoms with Crippen molar-refractivity contribution in [2.24, 2.45) is 0 Å². The second-order valence-corrected chi connectivity index (χ2v) is 7.60. The van der Waals surface area contributed by atoms with E-state index in [2.05, 4.69) is 30.2 Å². The van der Waals surface area contributed by atoms with Crippen molar-refractivity contribution in [1.82, 2.24) is 24.9 Å². The van der Waals surface area contributed by atoms with E-state index < -0.39 is 12.2 Å². The van der Waals surface area contributed by atoms with Crippen molar-refractivity contribution in [2.45, 2.75) is 12.2 Å². The summed E-state index contributed by atoms with van der Waals surface area (Å²) in [5, 5.41) is 3.35. The number of rotatable bonds is 4. The predicted octanol–water partition coefficient (Wildman–Crippen LogP) is 6.00. The third-order valence-electron chi connectivity index (χ3n) is 5.07. The van der Waals surface area contributed by atoms with E-state index in [0.29, 0.717) is 27.0 Å². The first-order valence-electron chi connectivity index (χ1n) is 9.80. The van der Waals surface area contributed by atoms with Crippen LogP contribution in [0.15, 0.2) is 73.4 Å². The van der Waals surface area contributed by atoms with Gasteiger partial charge in [-0.2, -0.15) is 13.2 Å². The number of alkyl halides is 3. The number of nitrogens with one attached hydrogen (secondary N) is 1. The van der Waals surface area contributed by atoms with E-state index in [-0.39, 0.29) is 22.6 Å². The lowest BCUT2D eigenvalue weighted by Crippen LogP contribution is -2.29. The SMILES string of the molecule is FC(F)(F)C(Nc1ncnc2cccnc12)c1cc2cccc(Cl)c2nc1-c1cccnc1. The van der Waals surface area contributed by atoms with Gasteiger partial charge >= 0.3 is 6.18 Å². The average Bonchev–Trinajstić information content (AvgIpc) is 2.82. The molecule has 0 amide bonds. The van der Waals surface area contributed by atoms with Crippen LogP contribution in [0, 0.1) is 0 Å². The molecule has 5 rings (SSSR count). The van der Waals surface area contributed by atoms with Crippen LogP contribution in [0.5, 0.6) is 0 Å². The molecule has 0 spiro atoms. The van der Waals surface area contributed by atoms with Crippen LogP contribution < -0.4 is 5.32 Å². The number of nitrogens with zero attached hydrogens (tertiary/aromatic N) is 5. The lowest BCUT2D eigenvalue weighted by Gasteiger charge is -2.25. The van der Waals surface area contributed by atoms with Gasteiger partial charge in [-0.05, 0) is 36.4 Å².